The summed E-state index contributed by atoms with van der Waals surface area (Å²) < 4.78 is 9.53. The predicted molar refractivity (Wildman–Crippen MR) is 96.2 cm³/mol. The zero-order chi connectivity index (χ0) is 17.1. The summed E-state index contributed by atoms with van der Waals surface area (Å²) in [5.74, 6) is 2.66. The molecule has 0 amide bonds. The number of rotatable bonds is 4. The van der Waals surface area contributed by atoms with Crippen LogP contribution in [0.2, 0.25) is 0 Å². The number of hydrogen-bond acceptors (Lipinski definition) is 7. The van der Waals surface area contributed by atoms with E-state index in [0.29, 0.717) is 11.5 Å². The fraction of sp³-hybridized carbons (Fsp3) is 0.625. The van der Waals surface area contributed by atoms with Gasteiger partial charge in [0.2, 0.25) is 0 Å². The Bertz CT molecular complexity index is 776. The zero-order valence-corrected chi connectivity index (χ0v) is 15.4. The van der Waals surface area contributed by atoms with Gasteiger partial charge in [0.05, 0.1) is 13.3 Å². The molecule has 2 fully saturated rings. The van der Waals surface area contributed by atoms with Gasteiger partial charge in [-0.1, -0.05) is 0 Å². The first kappa shape index (κ1) is 16.0. The van der Waals surface area contributed by atoms with Gasteiger partial charge in [0.25, 0.3) is 0 Å². The highest BCUT2D eigenvalue weighted by Gasteiger charge is 2.54. The highest BCUT2D eigenvalue weighted by Crippen LogP contribution is 2.52. The minimum atomic E-state index is 0.440. The summed E-state index contributed by atoms with van der Waals surface area (Å²) in [7, 11) is 3.77. The Balaban J connectivity index is 1.57. The number of nitrogens with zero attached hydrogens (tertiary/aromatic N) is 5. The van der Waals surface area contributed by atoms with Gasteiger partial charge in [0.15, 0.2) is 5.82 Å². The second-order valence-corrected chi connectivity index (χ2v) is 7.95. The average molecular weight is 348 g/mol. The van der Waals surface area contributed by atoms with Crippen molar-refractivity contribution in [2.24, 2.45) is 10.6 Å². The van der Waals surface area contributed by atoms with Gasteiger partial charge in [-0.15, -0.1) is 0 Å². The summed E-state index contributed by atoms with van der Waals surface area (Å²) in [6.45, 7) is 6.13. The van der Waals surface area contributed by atoms with Crippen LogP contribution in [-0.2, 0) is 0 Å². The van der Waals surface area contributed by atoms with Crippen LogP contribution in [0.15, 0.2) is 6.20 Å². The molecule has 2 aliphatic rings. The molecule has 24 heavy (non-hydrogen) atoms. The summed E-state index contributed by atoms with van der Waals surface area (Å²) in [6.07, 6.45) is 4.37. The second kappa shape index (κ2) is 5.50. The first-order valence-corrected chi connectivity index (χ1v) is 9.05. The molecule has 1 aliphatic heterocycles. The van der Waals surface area contributed by atoms with E-state index >= 15 is 0 Å². The fourth-order valence-corrected chi connectivity index (χ4v) is 4.50. The SMILES string of the molecule is COc1cn2nc(C)nc(N3CC4(CC(N(C)SN)C4)C3)c2c1C. The molecule has 1 saturated carbocycles. The molecular weight excluding hydrogens is 324 g/mol. The van der Waals surface area contributed by atoms with Crippen molar-refractivity contribution in [3.8, 4) is 5.75 Å². The van der Waals surface area contributed by atoms with Crippen molar-refractivity contribution < 1.29 is 4.74 Å². The number of aromatic nitrogens is 3. The van der Waals surface area contributed by atoms with Crippen molar-refractivity contribution in [3.63, 3.8) is 0 Å². The molecule has 1 saturated heterocycles. The molecule has 2 aromatic rings. The molecule has 0 atom stereocenters. The summed E-state index contributed by atoms with van der Waals surface area (Å²) >= 11 is 1.33. The van der Waals surface area contributed by atoms with Crippen molar-refractivity contribution in [1.29, 1.82) is 0 Å². The Morgan fingerprint density at radius 3 is 2.71 bits per heavy atom. The third-order valence-electron chi connectivity index (χ3n) is 5.52. The lowest BCUT2D eigenvalue weighted by Gasteiger charge is -2.60. The Hall–Kier alpha value is -1.51. The van der Waals surface area contributed by atoms with E-state index in [2.05, 4.69) is 28.3 Å². The molecule has 1 spiro atoms. The van der Waals surface area contributed by atoms with Gasteiger partial charge >= 0.3 is 0 Å². The Morgan fingerprint density at radius 1 is 1.38 bits per heavy atom. The number of nitrogens with two attached hydrogens (primary N) is 1. The molecule has 3 heterocycles. The van der Waals surface area contributed by atoms with E-state index in [1.165, 1.54) is 25.0 Å². The minimum absolute atomic E-state index is 0.440. The highest BCUT2D eigenvalue weighted by atomic mass is 32.2. The molecule has 7 nitrogen and oxygen atoms in total. The summed E-state index contributed by atoms with van der Waals surface area (Å²) in [6, 6.07) is 0.601. The van der Waals surface area contributed by atoms with Crippen LogP contribution in [0.3, 0.4) is 0 Å². The lowest BCUT2D eigenvalue weighted by molar-refractivity contribution is 0.0239. The van der Waals surface area contributed by atoms with E-state index in [1.807, 2.05) is 17.6 Å². The van der Waals surface area contributed by atoms with Gasteiger partial charge < -0.3 is 9.64 Å². The molecule has 1 aliphatic carbocycles. The highest BCUT2D eigenvalue weighted by molar-refractivity contribution is 7.94. The van der Waals surface area contributed by atoms with E-state index in [4.69, 9.17) is 14.9 Å². The Labute approximate surface area is 146 Å². The molecule has 8 heteroatoms. The van der Waals surface area contributed by atoms with Crippen molar-refractivity contribution in [1.82, 2.24) is 18.9 Å². The standard InChI is InChI=1S/C16H24N6OS/c1-10-13(23-4)7-22-14(10)15(18-11(2)19-22)21-8-16(9-21)5-12(6-16)20(3)24-17/h7,12H,5-6,8-9,17H2,1-4H3. The molecule has 0 aromatic carbocycles. The van der Waals surface area contributed by atoms with Gasteiger partial charge in [-0.2, -0.15) is 5.10 Å². The maximum absolute atomic E-state index is 5.66. The molecule has 2 aromatic heterocycles. The minimum Gasteiger partial charge on any atom is -0.495 e. The number of methoxy groups -OCH3 is 1. The Morgan fingerprint density at radius 2 is 2.08 bits per heavy atom. The van der Waals surface area contributed by atoms with Crippen molar-refractivity contribution in [2.45, 2.75) is 32.7 Å². The maximum atomic E-state index is 5.66. The van der Waals surface area contributed by atoms with Gasteiger partial charge in [0, 0.05) is 42.2 Å². The lowest BCUT2D eigenvalue weighted by atomic mass is 9.60. The largest absolute Gasteiger partial charge is 0.495 e. The van der Waals surface area contributed by atoms with E-state index in [1.54, 1.807) is 7.11 Å². The van der Waals surface area contributed by atoms with Gasteiger partial charge in [0.1, 0.15) is 17.1 Å². The van der Waals surface area contributed by atoms with Crippen molar-refractivity contribution in [2.75, 3.05) is 32.1 Å². The van der Waals surface area contributed by atoms with Crippen LogP contribution in [0.1, 0.15) is 24.2 Å². The average Bonchev–Trinajstić information content (AvgIpc) is 2.79. The van der Waals surface area contributed by atoms with Crippen molar-refractivity contribution >= 4 is 23.5 Å². The van der Waals surface area contributed by atoms with Crippen LogP contribution >= 0.6 is 12.1 Å². The number of fused-ring (bicyclic) bond motifs is 1. The molecule has 0 radical (unpaired) electrons. The molecule has 2 N–H and O–H groups in total. The van der Waals surface area contributed by atoms with E-state index in [9.17, 15) is 0 Å². The molecular formula is C16H24N6OS. The van der Waals surface area contributed by atoms with Crippen LogP contribution < -0.4 is 14.8 Å². The molecule has 0 unspecified atom stereocenters. The fourth-order valence-electron chi connectivity index (χ4n) is 4.18. The number of aryl methyl sites for hydroxylation is 2. The normalized spacial score (nSPS) is 19.8. The van der Waals surface area contributed by atoms with E-state index in [0.717, 1.165) is 41.6 Å². The van der Waals surface area contributed by atoms with Crippen LogP contribution in [0, 0.1) is 19.3 Å². The van der Waals surface area contributed by atoms with E-state index in [-0.39, 0.29) is 0 Å². The van der Waals surface area contributed by atoms with Crippen LogP contribution in [0.25, 0.3) is 5.52 Å². The summed E-state index contributed by atoms with van der Waals surface area (Å²) in [5, 5.41) is 10.2. The van der Waals surface area contributed by atoms with Gasteiger partial charge in [-0.3, -0.25) is 5.14 Å². The zero-order valence-electron chi connectivity index (χ0n) is 14.6. The smallest absolute Gasteiger partial charge is 0.157 e. The third-order valence-corrected chi connectivity index (χ3v) is 6.15. The first-order valence-electron chi connectivity index (χ1n) is 8.21. The topological polar surface area (TPSA) is 71.9 Å². The quantitative estimate of drug-likeness (QED) is 0.844. The van der Waals surface area contributed by atoms with Crippen LogP contribution in [0.4, 0.5) is 5.82 Å². The number of ether oxygens (including phenoxy) is 1. The summed E-state index contributed by atoms with van der Waals surface area (Å²) in [5.41, 5.74) is 2.59. The Kier molecular flexibility index (Phi) is 3.67. The number of hydrogen-bond donors (Lipinski definition) is 1. The summed E-state index contributed by atoms with van der Waals surface area (Å²) in [4.78, 5) is 7.11. The van der Waals surface area contributed by atoms with Crippen LogP contribution in [0.5, 0.6) is 5.75 Å². The predicted octanol–water partition coefficient (Wildman–Crippen LogP) is 1.78. The number of anilines is 1. The van der Waals surface area contributed by atoms with E-state index < -0.39 is 0 Å². The molecule has 130 valence electrons. The molecule has 4 rings (SSSR count). The van der Waals surface area contributed by atoms with Gasteiger partial charge in [-0.25, -0.2) is 13.8 Å². The monoisotopic (exact) mass is 348 g/mol. The van der Waals surface area contributed by atoms with Gasteiger partial charge in [-0.05, 0) is 33.7 Å². The third kappa shape index (κ3) is 2.28. The van der Waals surface area contributed by atoms with Crippen molar-refractivity contribution in [3.05, 3.63) is 17.6 Å². The second-order valence-electron chi connectivity index (χ2n) is 7.17. The lowest BCUT2D eigenvalue weighted by Crippen LogP contribution is -2.66. The first-order chi connectivity index (χ1) is 11.5. The van der Waals surface area contributed by atoms with Crippen LogP contribution in [-0.4, -0.2) is 52.2 Å². The molecule has 0 bridgehead atoms. The maximum Gasteiger partial charge on any atom is 0.157 e.